The van der Waals surface area contributed by atoms with Crippen LogP contribution in [0, 0.1) is 17.8 Å². The zero-order chi connectivity index (χ0) is 24.2. The van der Waals surface area contributed by atoms with Crippen LogP contribution in [0.25, 0.3) is 11.1 Å². The highest BCUT2D eigenvalue weighted by molar-refractivity contribution is 5.84. The molecule has 2 aromatic carbocycles. The Bertz CT molecular complexity index is 1020. The van der Waals surface area contributed by atoms with Crippen molar-refractivity contribution in [1.82, 2.24) is 10.6 Å². The Balaban J connectivity index is 1.29. The van der Waals surface area contributed by atoms with E-state index in [1.54, 1.807) is 0 Å². The molecule has 0 aromatic heterocycles. The topological polar surface area (TPSA) is 105 Å². The molecule has 0 heterocycles. The average molecular weight is 465 g/mol. The molecular formula is C27H32N2O5. The van der Waals surface area contributed by atoms with Crippen LogP contribution >= 0.6 is 0 Å². The number of ether oxygens (including phenoxy) is 1. The van der Waals surface area contributed by atoms with Crippen LogP contribution in [-0.2, 0) is 14.3 Å². The molecule has 34 heavy (non-hydrogen) atoms. The summed E-state index contributed by atoms with van der Waals surface area (Å²) in [5.41, 5.74) is 4.64. The van der Waals surface area contributed by atoms with E-state index in [2.05, 4.69) is 34.9 Å². The molecule has 180 valence electrons. The molecule has 0 spiro atoms. The van der Waals surface area contributed by atoms with Crippen LogP contribution in [0.3, 0.4) is 0 Å². The molecule has 0 bridgehead atoms. The van der Waals surface area contributed by atoms with Crippen molar-refractivity contribution in [3.63, 3.8) is 0 Å². The van der Waals surface area contributed by atoms with Crippen LogP contribution in [0.15, 0.2) is 48.5 Å². The lowest BCUT2D eigenvalue weighted by atomic mass is 9.92. The molecule has 7 nitrogen and oxygen atoms in total. The minimum Gasteiger partial charge on any atom is -0.480 e. The van der Waals surface area contributed by atoms with E-state index in [-0.39, 0.29) is 49.2 Å². The van der Waals surface area contributed by atoms with Crippen molar-refractivity contribution in [1.29, 1.82) is 0 Å². The van der Waals surface area contributed by atoms with Gasteiger partial charge in [0.25, 0.3) is 0 Å². The van der Waals surface area contributed by atoms with E-state index in [4.69, 9.17) is 4.74 Å². The number of aliphatic carboxylic acids is 1. The maximum atomic E-state index is 12.5. The number of carboxylic acids is 1. The number of fused-ring (bicyclic) bond motifs is 3. The second-order valence-electron chi connectivity index (χ2n) is 9.64. The van der Waals surface area contributed by atoms with Gasteiger partial charge in [0, 0.05) is 18.9 Å². The van der Waals surface area contributed by atoms with Crippen molar-refractivity contribution < 1.29 is 24.2 Å². The predicted molar refractivity (Wildman–Crippen MR) is 128 cm³/mol. The van der Waals surface area contributed by atoms with E-state index in [9.17, 15) is 19.5 Å². The molecule has 0 radical (unpaired) electrons. The number of carbonyl (C=O) groups is 3. The summed E-state index contributed by atoms with van der Waals surface area (Å²) in [6, 6.07) is 15.5. The van der Waals surface area contributed by atoms with Gasteiger partial charge in [0.05, 0.1) is 0 Å². The fraction of sp³-hybridized carbons (Fsp3) is 0.444. The number of rotatable bonds is 10. The molecule has 2 aliphatic rings. The van der Waals surface area contributed by atoms with Gasteiger partial charge in [0.1, 0.15) is 12.6 Å². The third kappa shape index (κ3) is 5.41. The van der Waals surface area contributed by atoms with Crippen molar-refractivity contribution in [3.8, 4) is 11.1 Å². The van der Waals surface area contributed by atoms with E-state index in [1.165, 1.54) is 11.1 Å². The van der Waals surface area contributed by atoms with Crippen LogP contribution in [0.4, 0.5) is 4.79 Å². The molecule has 1 saturated carbocycles. The largest absolute Gasteiger partial charge is 0.480 e. The molecule has 2 unspecified atom stereocenters. The molecule has 0 aliphatic heterocycles. The lowest BCUT2D eigenvalue weighted by molar-refractivity contribution is -0.142. The van der Waals surface area contributed by atoms with Crippen molar-refractivity contribution in [2.45, 2.75) is 45.1 Å². The minimum absolute atomic E-state index is 0.0137. The number of nitrogens with one attached hydrogen (secondary N) is 2. The minimum atomic E-state index is -0.992. The maximum Gasteiger partial charge on any atom is 0.407 e. The van der Waals surface area contributed by atoms with Crippen LogP contribution in [0.5, 0.6) is 0 Å². The number of carbonyl (C=O) groups excluding carboxylic acids is 2. The number of hydrogen-bond acceptors (Lipinski definition) is 4. The predicted octanol–water partition coefficient (Wildman–Crippen LogP) is 4.17. The van der Waals surface area contributed by atoms with Crippen LogP contribution < -0.4 is 10.6 Å². The molecule has 1 fully saturated rings. The fourth-order valence-electron chi connectivity index (χ4n) is 4.69. The number of amides is 2. The quantitative estimate of drug-likeness (QED) is 0.490. The molecule has 4 rings (SSSR count). The molecule has 2 amide bonds. The molecular weight excluding hydrogens is 432 g/mol. The first-order chi connectivity index (χ1) is 16.3. The van der Waals surface area contributed by atoms with Gasteiger partial charge in [-0.3, -0.25) is 4.79 Å². The summed E-state index contributed by atoms with van der Waals surface area (Å²) < 4.78 is 5.58. The van der Waals surface area contributed by atoms with E-state index in [0.717, 1.165) is 24.0 Å². The summed E-state index contributed by atoms with van der Waals surface area (Å²) >= 11 is 0. The maximum absolute atomic E-state index is 12.5. The van der Waals surface area contributed by atoms with Gasteiger partial charge in [0.15, 0.2) is 0 Å². The van der Waals surface area contributed by atoms with Gasteiger partial charge in [-0.2, -0.15) is 0 Å². The van der Waals surface area contributed by atoms with Crippen molar-refractivity contribution in [2.24, 2.45) is 17.8 Å². The van der Waals surface area contributed by atoms with Gasteiger partial charge in [-0.05, 0) is 52.8 Å². The Kier molecular flexibility index (Phi) is 7.20. The Morgan fingerprint density at radius 3 is 2.12 bits per heavy atom. The summed E-state index contributed by atoms with van der Waals surface area (Å²) in [6.45, 7) is 4.47. The summed E-state index contributed by atoms with van der Waals surface area (Å²) in [4.78, 5) is 36.4. The monoisotopic (exact) mass is 464 g/mol. The number of carboxylic acid groups (broad SMARTS) is 1. The first-order valence-electron chi connectivity index (χ1n) is 12.0. The second-order valence-corrected chi connectivity index (χ2v) is 9.64. The highest BCUT2D eigenvalue weighted by atomic mass is 16.5. The van der Waals surface area contributed by atoms with Gasteiger partial charge >= 0.3 is 12.1 Å². The van der Waals surface area contributed by atoms with E-state index < -0.39 is 18.1 Å². The number of alkyl carbamates (subject to hydrolysis) is 1. The zero-order valence-corrected chi connectivity index (χ0v) is 19.6. The molecule has 2 aliphatic carbocycles. The summed E-state index contributed by atoms with van der Waals surface area (Å²) in [7, 11) is 0. The van der Waals surface area contributed by atoms with Crippen molar-refractivity contribution >= 4 is 18.0 Å². The zero-order valence-electron chi connectivity index (χ0n) is 19.6. The fourth-order valence-corrected chi connectivity index (χ4v) is 4.69. The smallest absolute Gasteiger partial charge is 0.407 e. The molecule has 7 heteroatoms. The average Bonchev–Trinajstić information content (AvgIpc) is 3.61. The van der Waals surface area contributed by atoms with Crippen LogP contribution in [0.2, 0.25) is 0 Å². The molecule has 2 aromatic rings. The normalized spacial score (nSPS) is 16.3. The summed E-state index contributed by atoms with van der Waals surface area (Å²) in [6.07, 6.45) is 1.29. The van der Waals surface area contributed by atoms with Crippen molar-refractivity contribution in [2.75, 3.05) is 13.2 Å². The highest BCUT2D eigenvalue weighted by Crippen LogP contribution is 2.44. The van der Waals surface area contributed by atoms with Crippen LogP contribution in [0.1, 0.15) is 50.2 Å². The van der Waals surface area contributed by atoms with Gasteiger partial charge in [-0.15, -0.1) is 0 Å². The Morgan fingerprint density at radius 2 is 1.59 bits per heavy atom. The van der Waals surface area contributed by atoms with Crippen molar-refractivity contribution in [3.05, 3.63) is 59.7 Å². The SMILES string of the molecule is CC(C)C(CNC(=O)OCC1c2ccccc2-c2ccccc21)CC(=O)NC(C(=O)O)C1CC1. The third-order valence-corrected chi connectivity index (χ3v) is 6.92. The first-order valence-corrected chi connectivity index (χ1v) is 12.0. The molecule has 3 N–H and O–H groups in total. The standard InChI is InChI=1S/C27H32N2O5/c1-16(2)18(13-24(30)29-25(26(31)32)17-11-12-17)14-28-27(33)34-15-23-21-9-5-3-7-19(21)20-8-4-6-10-22(20)23/h3-10,16-18,23,25H,11-15H2,1-2H3,(H,28,33)(H,29,30)(H,31,32). The molecule has 2 atom stereocenters. The van der Waals surface area contributed by atoms with Gasteiger partial charge in [-0.1, -0.05) is 62.4 Å². The van der Waals surface area contributed by atoms with E-state index in [1.807, 2.05) is 38.1 Å². The Labute approximate surface area is 199 Å². The third-order valence-electron chi connectivity index (χ3n) is 6.92. The second kappa shape index (κ2) is 10.3. The summed E-state index contributed by atoms with van der Waals surface area (Å²) in [5.74, 6) is -1.28. The van der Waals surface area contributed by atoms with Gasteiger partial charge < -0.3 is 20.5 Å². The van der Waals surface area contributed by atoms with Crippen LogP contribution in [-0.4, -0.2) is 42.3 Å². The van der Waals surface area contributed by atoms with Gasteiger partial charge in [0.2, 0.25) is 5.91 Å². The number of benzene rings is 2. The van der Waals surface area contributed by atoms with E-state index in [0.29, 0.717) is 0 Å². The van der Waals surface area contributed by atoms with E-state index >= 15 is 0 Å². The number of hydrogen-bond donors (Lipinski definition) is 3. The lowest BCUT2D eigenvalue weighted by Gasteiger charge is -2.22. The Morgan fingerprint density at radius 1 is 1.00 bits per heavy atom. The van der Waals surface area contributed by atoms with Gasteiger partial charge in [-0.25, -0.2) is 9.59 Å². The summed E-state index contributed by atoms with van der Waals surface area (Å²) in [5, 5.41) is 14.8. The highest BCUT2D eigenvalue weighted by Gasteiger charge is 2.37. The first kappa shape index (κ1) is 23.8. The Hall–Kier alpha value is -3.35. The lowest BCUT2D eigenvalue weighted by Crippen LogP contribution is -2.44. The molecule has 0 saturated heterocycles.